The van der Waals surface area contributed by atoms with Crippen LogP contribution in [0.1, 0.15) is 32.4 Å². The van der Waals surface area contributed by atoms with E-state index >= 15 is 0 Å². The van der Waals surface area contributed by atoms with E-state index in [2.05, 4.69) is 35.8 Å². The van der Waals surface area contributed by atoms with E-state index in [0.29, 0.717) is 0 Å². The molecule has 0 unspecified atom stereocenters. The Morgan fingerprint density at radius 1 is 1.15 bits per heavy atom. The second kappa shape index (κ2) is 6.71. The SMILES string of the molecule is CC(C)(C)[S@@](=O)N[C@@H](C#C[Si](C)(C)C)c1ccccc1. The Morgan fingerprint density at radius 2 is 1.70 bits per heavy atom. The third-order valence-corrected chi connectivity index (χ3v) is 4.96. The minimum Gasteiger partial charge on any atom is -0.242 e. The first-order valence-corrected chi connectivity index (χ1v) is 11.5. The normalized spacial score (nSPS) is 15.1. The zero-order valence-corrected chi connectivity index (χ0v) is 15.1. The summed E-state index contributed by atoms with van der Waals surface area (Å²) >= 11 is 0. The molecule has 0 aliphatic carbocycles. The average molecular weight is 308 g/mol. The number of benzene rings is 1. The fourth-order valence-electron chi connectivity index (χ4n) is 1.40. The summed E-state index contributed by atoms with van der Waals surface area (Å²) in [6, 6.07) is 9.82. The zero-order valence-electron chi connectivity index (χ0n) is 13.3. The second-order valence-corrected chi connectivity index (χ2v) is 13.6. The van der Waals surface area contributed by atoms with Crippen molar-refractivity contribution in [3.63, 3.8) is 0 Å². The van der Waals surface area contributed by atoms with Gasteiger partial charge in [0.1, 0.15) is 14.1 Å². The van der Waals surface area contributed by atoms with Crippen molar-refractivity contribution in [1.82, 2.24) is 4.72 Å². The van der Waals surface area contributed by atoms with Crippen molar-refractivity contribution in [1.29, 1.82) is 0 Å². The molecular formula is C16H25NOSSi. The summed E-state index contributed by atoms with van der Waals surface area (Å²) in [7, 11) is -2.58. The maximum atomic E-state index is 12.3. The molecule has 1 aromatic carbocycles. The Hall–Kier alpha value is -0.893. The fraction of sp³-hybridized carbons (Fsp3) is 0.500. The first-order chi connectivity index (χ1) is 9.09. The van der Waals surface area contributed by atoms with Crippen molar-refractivity contribution in [2.24, 2.45) is 0 Å². The second-order valence-electron chi connectivity index (χ2n) is 6.86. The lowest BCUT2D eigenvalue weighted by Gasteiger charge is -2.22. The van der Waals surface area contributed by atoms with E-state index in [-0.39, 0.29) is 10.8 Å². The highest BCUT2D eigenvalue weighted by Gasteiger charge is 2.23. The van der Waals surface area contributed by atoms with Crippen LogP contribution in [-0.4, -0.2) is 17.0 Å². The Bertz CT molecular complexity index is 517. The van der Waals surface area contributed by atoms with Gasteiger partial charge in [-0.15, -0.1) is 5.54 Å². The Balaban J connectivity index is 3.03. The van der Waals surface area contributed by atoms with Crippen LogP contribution in [0.15, 0.2) is 30.3 Å². The van der Waals surface area contributed by atoms with Crippen LogP contribution in [-0.2, 0) is 11.0 Å². The lowest BCUT2D eigenvalue weighted by molar-refractivity contribution is 0.629. The van der Waals surface area contributed by atoms with Gasteiger partial charge in [-0.05, 0) is 26.3 Å². The van der Waals surface area contributed by atoms with Gasteiger partial charge in [-0.2, -0.15) is 0 Å². The molecule has 110 valence electrons. The highest BCUT2D eigenvalue weighted by molar-refractivity contribution is 7.84. The molecule has 0 aliphatic rings. The minimum absolute atomic E-state index is 0.178. The summed E-state index contributed by atoms with van der Waals surface area (Å²) in [6.07, 6.45) is 0. The van der Waals surface area contributed by atoms with Crippen molar-refractivity contribution in [2.75, 3.05) is 0 Å². The summed E-state index contributed by atoms with van der Waals surface area (Å²) in [5.74, 6) is 3.29. The van der Waals surface area contributed by atoms with Gasteiger partial charge in [0, 0.05) is 0 Å². The van der Waals surface area contributed by atoms with Crippen molar-refractivity contribution in [2.45, 2.75) is 51.2 Å². The standard InChI is InChI=1S/C16H25NOSSi/c1-16(2,3)19(18)17-15(12-13-20(4,5)6)14-10-8-7-9-11-14/h7-11,15,17H,1-6H3/t15-,19+/m0/s1. The average Bonchev–Trinajstić information content (AvgIpc) is 2.33. The summed E-state index contributed by atoms with van der Waals surface area (Å²) in [5.41, 5.74) is 4.43. The molecule has 0 fully saturated rings. The van der Waals surface area contributed by atoms with Gasteiger partial charge in [0.2, 0.25) is 0 Å². The van der Waals surface area contributed by atoms with Crippen molar-refractivity contribution in [3.05, 3.63) is 35.9 Å². The van der Waals surface area contributed by atoms with E-state index in [1.165, 1.54) is 0 Å². The molecule has 1 N–H and O–H groups in total. The molecule has 0 heterocycles. The first kappa shape index (κ1) is 17.2. The van der Waals surface area contributed by atoms with Gasteiger partial charge < -0.3 is 0 Å². The van der Waals surface area contributed by atoms with Crippen LogP contribution in [0.4, 0.5) is 0 Å². The highest BCUT2D eigenvalue weighted by atomic mass is 32.2. The molecule has 20 heavy (non-hydrogen) atoms. The van der Waals surface area contributed by atoms with E-state index in [1.54, 1.807) is 0 Å². The molecule has 0 radical (unpaired) electrons. The Labute approximate surface area is 127 Å². The molecule has 0 spiro atoms. The van der Waals surface area contributed by atoms with Crippen LogP contribution in [0.3, 0.4) is 0 Å². The van der Waals surface area contributed by atoms with Gasteiger partial charge in [0.25, 0.3) is 0 Å². The number of hydrogen-bond donors (Lipinski definition) is 1. The smallest absolute Gasteiger partial charge is 0.129 e. The molecule has 1 aromatic rings. The van der Waals surface area contributed by atoms with Gasteiger partial charge in [-0.25, -0.2) is 8.93 Å². The maximum absolute atomic E-state index is 12.3. The largest absolute Gasteiger partial charge is 0.242 e. The van der Waals surface area contributed by atoms with Crippen LogP contribution >= 0.6 is 0 Å². The number of hydrogen-bond acceptors (Lipinski definition) is 1. The van der Waals surface area contributed by atoms with Gasteiger partial charge >= 0.3 is 0 Å². The van der Waals surface area contributed by atoms with E-state index in [1.807, 2.05) is 51.1 Å². The van der Waals surface area contributed by atoms with Crippen LogP contribution < -0.4 is 4.72 Å². The molecule has 1 rings (SSSR count). The van der Waals surface area contributed by atoms with Gasteiger partial charge in [-0.3, -0.25) is 0 Å². The Kier molecular flexibility index (Phi) is 5.75. The molecule has 0 saturated heterocycles. The van der Waals surface area contributed by atoms with Crippen LogP contribution in [0.2, 0.25) is 19.6 Å². The predicted octanol–water partition coefficient (Wildman–Crippen LogP) is 3.66. The maximum Gasteiger partial charge on any atom is 0.129 e. The van der Waals surface area contributed by atoms with E-state index in [4.69, 9.17) is 0 Å². The molecule has 0 aromatic heterocycles. The predicted molar refractivity (Wildman–Crippen MR) is 91.3 cm³/mol. The molecular weight excluding hydrogens is 282 g/mol. The van der Waals surface area contributed by atoms with Crippen LogP contribution in [0.5, 0.6) is 0 Å². The molecule has 0 aliphatic heterocycles. The summed E-state index contributed by atoms with van der Waals surface area (Å²) in [5, 5.41) is 0. The van der Waals surface area contributed by atoms with E-state index in [9.17, 15) is 4.21 Å². The molecule has 0 amide bonds. The molecule has 2 atom stereocenters. The topological polar surface area (TPSA) is 29.1 Å². The molecule has 2 nitrogen and oxygen atoms in total. The zero-order chi connectivity index (χ0) is 15.4. The summed E-state index contributed by atoms with van der Waals surface area (Å²) < 4.78 is 15.2. The number of rotatable bonds is 3. The van der Waals surface area contributed by atoms with E-state index < -0.39 is 19.1 Å². The van der Waals surface area contributed by atoms with Gasteiger partial charge in [0.05, 0.1) is 15.7 Å². The summed E-state index contributed by atoms with van der Waals surface area (Å²) in [4.78, 5) is 0. The molecule has 0 bridgehead atoms. The van der Waals surface area contributed by atoms with Crippen molar-refractivity contribution in [3.8, 4) is 11.5 Å². The van der Waals surface area contributed by atoms with Crippen LogP contribution in [0.25, 0.3) is 0 Å². The molecule has 0 saturated carbocycles. The van der Waals surface area contributed by atoms with Crippen LogP contribution in [0, 0.1) is 11.5 Å². The third-order valence-electron chi connectivity index (χ3n) is 2.51. The van der Waals surface area contributed by atoms with E-state index in [0.717, 1.165) is 5.56 Å². The third kappa shape index (κ3) is 6.04. The lowest BCUT2D eigenvalue weighted by Crippen LogP contribution is -2.35. The van der Waals surface area contributed by atoms with Crippen molar-refractivity contribution >= 4 is 19.1 Å². The first-order valence-electron chi connectivity index (χ1n) is 6.85. The number of nitrogens with one attached hydrogen (secondary N) is 1. The highest BCUT2D eigenvalue weighted by Crippen LogP contribution is 2.17. The monoisotopic (exact) mass is 307 g/mol. The quantitative estimate of drug-likeness (QED) is 0.670. The van der Waals surface area contributed by atoms with Gasteiger partial charge in [-0.1, -0.05) is 55.9 Å². The summed E-state index contributed by atoms with van der Waals surface area (Å²) in [6.45, 7) is 12.5. The Morgan fingerprint density at radius 3 is 2.15 bits per heavy atom. The lowest BCUT2D eigenvalue weighted by atomic mass is 10.1. The van der Waals surface area contributed by atoms with Crippen molar-refractivity contribution < 1.29 is 4.21 Å². The molecule has 4 heteroatoms. The fourth-order valence-corrected chi connectivity index (χ4v) is 2.74. The van der Waals surface area contributed by atoms with Gasteiger partial charge in [0.15, 0.2) is 0 Å². The minimum atomic E-state index is -1.45.